The van der Waals surface area contributed by atoms with Crippen molar-refractivity contribution in [2.75, 3.05) is 20.2 Å². The molecular weight excluding hydrogens is 244 g/mol. The van der Waals surface area contributed by atoms with Crippen molar-refractivity contribution in [1.82, 2.24) is 5.01 Å². The maximum Gasteiger partial charge on any atom is 0.0512 e. The Morgan fingerprint density at radius 1 is 1.57 bits per heavy atom. The largest absolute Gasteiger partial charge is 0.396 e. The van der Waals surface area contributed by atoms with Gasteiger partial charge in [-0.1, -0.05) is 28.1 Å². The fourth-order valence-electron chi connectivity index (χ4n) is 1.38. The first-order valence-electron chi connectivity index (χ1n) is 4.45. The Morgan fingerprint density at radius 3 is 2.79 bits per heavy atom. The van der Waals surface area contributed by atoms with Crippen LogP contribution < -0.4 is 5.84 Å². The number of aliphatic hydroxyl groups is 1. The predicted octanol–water partition coefficient (Wildman–Crippen LogP) is 1.33. The van der Waals surface area contributed by atoms with Crippen LogP contribution in [0.2, 0.25) is 0 Å². The molecule has 1 rings (SSSR count). The quantitative estimate of drug-likeness (QED) is 0.633. The second kappa shape index (κ2) is 5.46. The summed E-state index contributed by atoms with van der Waals surface area (Å²) in [7, 11) is 1.79. The first-order valence-corrected chi connectivity index (χ1v) is 5.25. The maximum absolute atomic E-state index is 9.22. The van der Waals surface area contributed by atoms with Gasteiger partial charge in [0.25, 0.3) is 0 Å². The number of hydrogen-bond donors (Lipinski definition) is 2. The monoisotopic (exact) mass is 258 g/mol. The Kier molecular flexibility index (Phi) is 4.54. The Hall–Kier alpha value is -0.420. The number of benzene rings is 1. The highest BCUT2D eigenvalue weighted by atomic mass is 79.9. The fraction of sp³-hybridized carbons (Fsp3) is 0.400. The number of rotatable bonds is 4. The Balaban J connectivity index is 2.78. The van der Waals surface area contributed by atoms with E-state index in [1.807, 2.05) is 24.3 Å². The van der Waals surface area contributed by atoms with Gasteiger partial charge in [-0.25, -0.2) is 5.01 Å². The zero-order valence-electron chi connectivity index (χ0n) is 8.15. The van der Waals surface area contributed by atoms with Gasteiger partial charge < -0.3 is 5.11 Å². The summed E-state index contributed by atoms with van der Waals surface area (Å²) >= 11 is 3.40. The molecule has 0 bridgehead atoms. The van der Waals surface area contributed by atoms with Crippen LogP contribution in [-0.2, 0) is 0 Å². The zero-order valence-corrected chi connectivity index (χ0v) is 9.74. The number of hydrazine groups is 1. The molecule has 0 fully saturated rings. The summed E-state index contributed by atoms with van der Waals surface area (Å²) in [6.45, 7) is 0.755. The van der Waals surface area contributed by atoms with Gasteiger partial charge in [0.15, 0.2) is 0 Å². The minimum Gasteiger partial charge on any atom is -0.396 e. The fourth-order valence-corrected chi connectivity index (χ4v) is 1.79. The molecule has 0 aliphatic rings. The number of aliphatic hydroxyl groups excluding tert-OH is 1. The van der Waals surface area contributed by atoms with Crippen molar-refractivity contribution >= 4 is 15.9 Å². The normalized spacial score (nSPS) is 13.2. The van der Waals surface area contributed by atoms with E-state index >= 15 is 0 Å². The van der Waals surface area contributed by atoms with Gasteiger partial charge in [-0.3, -0.25) is 5.84 Å². The summed E-state index contributed by atoms with van der Waals surface area (Å²) in [6, 6.07) is 7.92. The molecule has 1 atom stereocenters. The molecule has 0 spiro atoms. The molecule has 0 saturated heterocycles. The van der Waals surface area contributed by atoms with Crippen LogP contribution in [0.1, 0.15) is 11.5 Å². The molecule has 0 amide bonds. The van der Waals surface area contributed by atoms with Crippen LogP contribution in [0.25, 0.3) is 0 Å². The van der Waals surface area contributed by atoms with Crippen molar-refractivity contribution in [3.8, 4) is 0 Å². The molecule has 1 aromatic rings. The number of nitrogens with zero attached hydrogens (tertiary/aromatic N) is 1. The molecule has 3 nitrogen and oxygen atoms in total. The summed E-state index contributed by atoms with van der Waals surface area (Å²) in [4.78, 5) is 0. The van der Waals surface area contributed by atoms with Crippen LogP contribution in [0.4, 0.5) is 0 Å². The molecule has 3 N–H and O–H groups in total. The molecule has 0 aliphatic heterocycles. The minimum absolute atomic E-state index is 0.0718. The molecule has 1 unspecified atom stereocenters. The van der Waals surface area contributed by atoms with Gasteiger partial charge in [0.1, 0.15) is 0 Å². The molecule has 1 aromatic carbocycles. The van der Waals surface area contributed by atoms with Gasteiger partial charge in [-0.2, -0.15) is 0 Å². The van der Waals surface area contributed by atoms with Crippen LogP contribution in [0.5, 0.6) is 0 Å². The molecule has 0 aromatic heterocycles. The van der Waals surface area contributed by atoms with Gasteiger partial charge in [-0.15, -0.1) is 0 Å². The van der Waals surface area contributed by atoms with Crippen molar-refractivity contribution in [2.45, 2.75) is 5.92 Å². The first-order chi connectivity index (χ1) is 6.63. The average molecular weight is 259 g/mol. The lowest BCUT2D eigenvalue weighted by Crippen LogP contribution is -2.32. The zero-order chi connectivity index (χ0) is 10.6. The standard InChI is InChI=1S/C10H15BrN2O/c1-13(12)6-9(7-14)8-3-2-4-10(11)5-8/h2-5,9,14H,6-7,12H2,1H3. The number of nitrogens with two attached hydrogens (primary N) is 1. The van der Waals surface area contributed by atoms with Crippen molar-refractivity contribution in [2.24, 2.45) is 5.84 Å². The van der Waals surface area contributed by atoms with Gasteiger partial charge in [0, 0.05) is 24.0 Å². The molecule has 78 valence electrons. The Morgan fingerprint density at radius 2 is 2.29 bits per heavy atom. The molecule has 4 heteroatoms. The van der Waals surface area contributed by atoms with Crippen LogP contribution in [-0.4, -0.2) is 30.3 Å². The van der Waals surface area contributed by atoms with Crippen molar-refractivity contribution in [3.63, 3.8) is 0 Å². The van der Waals surface area contributed by atoms with E-state index in [4.69, 9.17) is 5.84 Å². The van der Waals surface area contributed by atoms with Gasteiger partial charge >= 0.3 is 0 Å². The SMILES string of the molecule is CN(N)CC(CO)c1cccc(Br)c1. The van der Waals surface area contributed by atoms with Crippen LogP contribution >= 0.6 is 15.9 Å². The van der Waals surface area contributed by atoms with E-state index < -0.39 is 0 Å². The molecule has 0 radical (unpaired) electrons. The Bertz CT molecular complexity index is 291. The van der Waals surface area contributed by atoms with Gasteiger partial charge in [0.05, 0.1) is 6.61 Å². The van der Waals surface area contributed by atoms with E-state index in [1.165, 1.54) is 0 Å². The highest BCUT2D eigenvalue weighted by molar-refractivity contribution is 9.10. The first kappa shape index (κ1) is 11.7. The lowest BCUT2D eigenvalue weighted by Gasteiger charge is -2.19. The van der Waals surface area contributed by atoms with Crippen molar-refractivity contribution < 1.29 is 5.11 Å². The predicted molar refractivity (Wildman–Crippen MR) is 60.8 cm³/mol. The lowest BCUT2D eigenvalue weighted by atomic mass is 10.0. The third-order valence-electron chi connectivity index (χ3n) is 2.05. The van der Waals surface area contributed by atoms with E-state index in [-0.39, 0.29) is 12.5 Å². The molecule has 14 heavy (non-hydrogen) atoms. The smallest absolute Gasteiger partial charge is 0.0512 e. The number of hydrogen-bond acceptors (Lipinski definition) is 3. The topological polar surface area (TPSA) is 49.5 Å². The molecule has 0 heterocycles. The molecule has 0 saturated carbocycles. The second-order valence-electron chi connectivity index (χ2n) is 3.37. The third kappa shape index (κ3) is 3.38. The van der Waals surface area contributed by atoms with E-state index in [0.717, 1.165) is 10.0 Å². The number of halogens is 1. The maximum atomic E-state index is 9.22. The minimum atomic E-state index is 0.0718. The summed E-state index contributed by atoms with van der Waals surface area (Å²) < 4.78 is 1.02. The van der Waals surface area contributed by atoms with Crippen molar-refractivity contribution in [3.05, 3.63) is 34.3 Å². The third-order valence-corrected chi connectivity index (χ3v) is 2.54. The average Bonchev–Trinajstić information content (AvgIpc) is 2.14. The molecule has 0 aliphatic carbocycles. The van der Waals surface area contributed by atoms with Gasteiger partial charge in [-0.05, 0) is 17.7 Å². The van der Waals surface area contributed by atoms with E-state index in [0.29, 0.717) is 6.54 Å². The summed E-state index contributed by atoms with van der Waals surface area (Å²) in [5.74, 6) is 5.63. The lowest BCUT2D eigenvalue weighted by molar-refractivity contribution is 0.222. The van der Waals surface area contributed by atoms with Gasteiger partial charge in [0.2, 0.25) is 0 Å². The number of likely N-dealkylation sites (N-methyl/N-ethyl adjacent to an activating group) is 1. The van der Waals surface area contributed by atoms with Crippen LogP contribution in [0.3, 0.4) is 0 Å². The highest BCUT2D eigenvalue weighted by Gasteiger charge is 2.11. The van der Waals surface area contributed by atoms with E-state index in [2.05, 4.69) is 15.9 Å². The summed E-state index contributed by atoms with van der Waals surface area (Å²) in [5, 5.41) is 10.8. The van der Waals surface area contributed by atoms with E-state index in [9.17, 15) is 5.11 Å². The second-order valence-corrected chi connectivity index (χ2v) is 4.29. The van der Waals surface area contributed by atoms with Crippen LogP contribution in [0, 0.1) is 0 Å². The Labute approximate surface area is 92.6 Å². The summed E-state index contributed by atoms with van der Waals surface area (Å²) in [5.41, 5.74) is 1.10. The summed E-state index contributed by atoms with van der Waals surface area (Å²) in [6.07, 6.45) is 0. The highest BCUT2D eigenvalue weighted by Crippen LogP contribution is 2.19. The van der Waals surface area contributed by atoms with E-state index in [1.54, 1.807) is 12.1 Å². The van der Waals surface area contributed by atoms with Crippen molar-refractivity contribution in [1.29, 1.82) is 0 Å². The molecular formula is C10H15BrN2O. The van der Waals surface area contributed by atoms with Crippen LogP contribution in [0.15, 0.2) is 28.7 Å².